The van der Waals surface area contributed by atoms with Crippen molar-refractivity contribution < 1.29 is 24.4 Å². The molecule has 0 amide bonds. The largest absolute Gasteiger partial charge is 0.504 e. The molecule has 3 fully saturated rings. The van der Waals surface area contributed by atoms with E-state index in [1.54, 1.807) is 6.07 Å². The lowest BCUT2D eigenvalue weighted by atomic mass is 9.48. The lowest BCUT2D eigenvalue weighted by Crippen LogP contribution is -2.79. The first-order valence-corrected chi connectivity index (χ1v) is 9.24. The molecule has 6 heteroatoms. The fourth-order valence-corrected chi connectivity index (χ4v) is 6.48. The molecule has 2 bridgehead atoms. The Bertz CT molecular complexity index is 775. The monoisotopic (exact) mass is 345 g/mol. The summed E-state index contributed by atoms with van der Waals surface area (Å²) in [6, 6.07) is 3.75. The quantitative estimate of drug-likeness (QED) is 0.729. The maximum Gasteiger partial charge on any atom is 0.207 e. The highest BCUT2D eigenvalue weighted by Crippen LogP contribution is 2.67. The fourth-order valence-electron chi connectivity index (χ4n) is 6.48. The van der Waals surface area contributed by atoms with E-state index in [2.05, 4.69) is 11.9 Å². The van der Waals surface area contributed by atoms with Crippen LogP contribution in [0.1, 0.15) is 30.4 Å². The highest BCUT2D eigenvalue weighted by atomic mass is 16.8. The lowest BCUT2D eigenvalue weighted by molar-refractivity contribution is -0.295. The Labute approximate surface area is 146 Å². The Balaban J connectivity index is 1.67. The Kier molecular flexibility index (Phi) is 2.55. The Morgan fingerprint density at radius 2 is 1.96 bits per heavy atom. The maximum absolute atomic E-state index is 12.0. The second-order valence-electron chi connectivity index (χ2n) is 8.30. The van der Waals surface area contributed by atoms with E-state index < -0.39 is 22.9 Å². The summed E-state index contributed by atoms with van der Waals surface area (Å²) in [6.45, 7) is 1.98. The third kappa shape index (κ3) is 1.42. The minimum absolute atomic E-state index is 0.0501. The molecule has 2 aliphatic carbocycles. The van der Waals surface area contributed by atoms with Crippen LogP contribution in [-0.2, 0) is 21.3 Å². The predicted molar refractivity (Wildman–Crippen MR) is 87.8 cm³/mol. The average Bonchev–Trinajstić information content (AvgIpc) is 3.19. The number of likely N-dealkylation sites (N-methyl/N-ethyl adjacent to an activating group) is 1. The number of hydrogen-bond donors (Lipinski definition) is 2. The molecule has 2 spiro atoms. The van der Waals surface area contributed by atoms with Crippen LogP contribution in [0, 0.1) is 0 Å². The summed E-state index contributed by atoms with van der Waals surface area (Å²) in [5, 5.41) is 22.5. The molecule has 4 atom stereocenters. The molecule has 134 valence electrons. The Hall–Kier alpha value is -1.34. The van der Waals surface area contributed by atoms with Gasteiger partial charge in [0.05, 0.1) is 24.2 Å². The zero-order valence-electron chi connectivity index (χ0n) is 14.3. The van der Waals surface area contributed by atoms with Crippen molar-refractivity contribution in [2.45, 2.75) is 54.6 Å². The van der Waals surface area contributed by atoms with Crippen molar-refractivity contribution in [1.82, 2.24) is 4.90 Å². The molecular formula is C19H23NO5. The number of aliphatic hydroxyl groups is 1. The van der Waals surface area contributed by atoms with Gasteiger partial charge in [0.25, 0.3) is 0 Å². The van der Waals surface area contributed by atoms with Gasteiger partial charge in [-0.25, -0.2) is 0 Å². The van der Waals surface area contributed by atoms with E-state index in [4.69, 9.17) is 14.2 Å². The topological polar surface area (TPSA) is 71.4 Å². The van der Waals surface area contributed by atoms with Crippen LogP contribution in [-0.4, -0.2) is 65.5 Å². The van der Waals surface area contributed by atoms with Crippen LogP contribution in [0.2, 0.25) is 0 Å². The zero-order valence-corrected chi connectivity index (χ0v) is 14.3. The lowest BCUT2D eigenvalue weighted by Gasteiger charge is -2.64. The van der Waals surface area contributed by atoms with Gasteiger partial charge in [-0.05, 0) is 44.5 Å². The summed E-state index contributed by atoms with van der Waals surface area (Å²) < 4.78 is 18.5. The number of piperidine rings is 1. The third-order valence-corrected chi connectivity index (χ3v) is 7.51. The van der Waals surface area contributed by atoms with Crippen molar-refractivity contribution in [3.63, 3.8) is 0 Å². The number of phenolic OH excluding ortho intramolecular Hbond substituents is 1. The minimum Gasteiger partial charge on any atom is -0.504 e. The molecule has 0 unspecified atom stereocenters. The molecule has 1 aromatic carbocycles. The van der Waals surface area contributed by atoms with Crippen molar-refractivity contribution in [2.24, 2.45) is 0 Å². The van der Waals surface area contributed by atoms with Crippen LogP contribution in [0.4, 0.5) is 0 Å². The first-order valence-electron chi connectivity index (χ1n) is 9.24. The Morgan fingerprint density at radius 1 is 1.16 bits per heavy atom. The molecule has 0 radical (unpaired) electrons. The number of likely N-dealkylation sites (tertiary alicyclic amines) is 1. The van der Waals surface area contributed by atoms with Gasteiger partial charge in [-0.3, -0.25) is 0 Å². The smallest absolute Gasteiger partial charge is 0.207 e. The van der Waals surface area contributed by atoms with Crippen molar-refractivity contribution in [3.8, 4) is 11.5 Å². The highest BCUT2D eigenvalue weighted by Gasteiger charge is 2.77. The summed E-state index contributed by atoms with van der Waals surface area (Å²) in [4.78, 5) is 2.28. The minimum atomic E-state index is -0.892. The van der Waals surface area contributed by atoms with Gasteiger partial charge in [-0.15, -0.1) is 0 Å². The van der Waals surface area contributed by atoms with E-state index in [-0.39, 0.29) is 11.8 Å². The number of phenols is 1. The molecule has 2 N–H and O–H groups in total. The molecule has 1 saturated carbocycles. The number of nitrogens with zero attached hydrogens (tertiary/aromatic N) is 1. The number of hydrogen-bond acceptors (Lipinski definition) is 6. The molecule has 1 aromatic rings. The van der Waals surface area contributed by atoms with E-state index in [0.29, 0.717) is 31.8 Å². The normalized spacial score (nSPS) is 43.1. The van der Waals surface area contributed by atoms with Gasteiger partial charge in [0.1, 0.15) is 0 Å². The van der Waals surface area contributed by atoms with E-state index in [9.17, 15) is 10.2 Å². The number of benzene rings is 1. The van der Waals surface area contributed by atoms with Gasteiger partial charge in [-0.1, -0.05) is 6.07 Å². The number of rotatable bonds is 0. The first kappa shape index (κ1) is 14.8. The predicted octanol–water partition coefficient (Wildman–Crippen LogP) is 0.919. The summed E-state index contributed by atoms with van der Waals surface area (Å²) in [6.07, 6.45) is 2.38. The molecule has 3 aliphatic heterocycles. The average molecular weight is 345 g/mol. The van der Waals surface area contributed by atoms with Crippen molar-refractivity contribution >= 4 is 0 Å². The zero-order chi connectivity index (χ0) is 17.0. The van der Waals surface area contributed by atoms with Crippen molar-refractivity contribution in [3.05, 3.63) is 23.3 Å². The van der Waals surface area contributed by atoms with Crippen LogP contribution in [0.3, 0.4) is 0 Å². The van der Waals surface area contributed by atoms with Gasteiger partial charge < -0.3 is 29.3 Å². The van der Waals surface area contributed by atoms with Gasteiger partial charge >= 0.3 is 0 Å². The second-order valence-corrected chi connectivity index (χ2v) is 8.30. The van der Waals surface area contributed by atoms with Crippen LogP contribution < -0.4 is 4.74 Å². The summed E-state index contributed by atoms with van der Waals surface area (Å²) in [7, 11) is 2.10. The third-order valence-electron chi connectivity index (χ3n) is 7.51. The number of ether oxygens (including phenoxy) is 3. The standard InChI is InChI=1S/C19H23NO5/c1-20-7-6-17-14-11-2-3-12(21)15(14)25-16(17)19(23-8-9-24-19)5-4-18(17,22)13(20)10-11/h2-3,13,16,21-22H,4-10H2,1H3/t13-,16+,17-,18+/m0/s1. The highest BCUT2D eigenvalue weighted by molar-refractivity contribution is 5.62. The molecule has 6 nitrogen and oxygen atoms in total. The van der Waals surface area contributed by atoms with Crippen LogP contribution in [0.25, 0.3) is 0 Å². The SMILES string of the molecule is CN1CC[C@]23c4c5ccc(O)c4O[C@H]2C2(CC[C@@]3(O)[C@@H]1C5)OCCO2. The maximum atomic E-state index is 12.0. The van der Waals surface area contributed by atoms with Crippen LogP contribution in [0.5, 0.6) is 11.5 Å². The van der Waals surface area contributed by atoms with E-state index >= 15 is 0 Å². The molecule has 3 heterocycles. The van der Waals surface area contributed by atoms with Gasteiger partial charge in [-0.2, -0.15) is 0 Å². The van der Waals surface area contributed by atoms with Gasteiger partial charge in [0.15, 0.2) is 17.6 Å². The summed E-state index contributed by atoms with van der Waals surface area (Å²) in [5.74, 6) is -0.132. The molecule has 25 heavy (non-hydrogen) atoms. The molecule has 6 rings (SSSR count). The molecule has 0 aromatic heterocycles. The van der Waals surface area contributed by atoms with Crippen LogP contribution >= 0.6 is 0 Å². The van der Waals surface area contributed by atoms with Crippen molar-refractivity contribution in [1.29, 1.82) is 0 Å². The van der Waals surface area contributed by atoms with Crippen LogP contribution in [0.15, 0.2) is 12.1 Å². The second kappa shape index (κ2) is 4.31. The first-order chi connectivity index (χ1) is 12.0. The molecule has 5 aliphatic rings. The van der Waals surface area contributed by atoms with Gasteiger partial charge in [0.2, 0.25) is 5.79 Å². The van der Waals surface area contributed by atoms with Gasteiger partial charge in [0, 0.05) is 18.0 Å². The van der Waals surface area contributed by atoms with Crippen molar-refractivity contribution in [2.75, 3.05) is 26.8 Å². The molecule has 2 saturated heterocycles. The molecular weight excluding hydrogens is 322 g/mol. The van der Waals surface area contributed by atoms with E-state index in [0.717, 1.165) is 24.9 Å². The van der Waals surface area contributed by atoms with E-state index in [1.807, 2.05) is 6.07 Å². The number of fused-ring (bicyclic) bond motifs is 1. The Morgan fingerprint density at radius 3 is 2.76 bits per heavy atom. The fraction of sp³-hybridized carbons (Fsp3) is 0.684. The number of aromatic hydroxyl groups is 1. The summed E-state index contributed by atoms with van der Waals surface area (Å²) in [5.41, 5.74) is 0.709. The summed E-state index contributed by atoms with van der Waals surface area (Å²) >= 11 is 0. The van der Waals surface area contributed by atoms with E-state index in [1.165, 1.54) is 5.56 Å².